The molecule has 0 aliphatic carbocycles. The van der Waals surface area contributed by atoms with Crippen LogP contribution in [0.4, 0.5) is 4.39 Å². The minimum atomic E-state index is -0.464. The van der Waals surface area contributed by atoms with Crippen LogP contribution in [0.3, 0.4) is 0 Å². The van der Waals surface area contributed by atoms with E-state index in [-0.39, 0.29) is 11.6 Å². The third-order valence-electron chi connectivity index (χ3n) is 3.37. The zero-order valence-corrected chi connectivity index (χ0v) is 9.42. The Balaban J connectivity index is 2.30. The van der Waals surface area contributed by atoms with Crippen LogP contribution in [0.5, 0.6) is 0 Å². The van der Waals surface area contributed by atoms with Crippen LogP contribution in [-0.2, 0) is 0 Å². The Labute approximate surface area is 94.9 Å². The van der Waals surface area contributed by atoms with Gasteiger partial charge in [-0.2, -0.15) is 0 Å². The van der Waals surface area contributed by atoms with Gasteiger partial charge in [-0.25, -0.2) is 4.39 Å². The van der Waals surface area contributed by atoms with Crippen LogP contribution in [-0.4, -0.2) is 17.9 Å². The number of ketones is 1. The molecule has 1 unspecified atom stereocenters. The summed E-state index contributed by atoms with van der Waals surface area (Å²) in [5.41, 5.74) is 0.00426. The van der Waals surface area contributed by atoms with Crippen molar-refractivity contribution in [3.8, 4) is 0 Å². The van der Waals surface area contributed by atoms with Gasteiger partial charge in [-0.05, 0) is 37.9 Å². The third-order valence-corrected chi connectivity index (χ3v) is 3.37. The maximum Gasteiger partial charge on any atom is 0.182 e. The molecule has 1 atom stereocenters. The van der Waals surface area contributed by atoms with Crippen LogP contribution < -0.4 is 5.32 Å². The first kappa shape index (κ1) is 11.3. The van der Waals surface area contributed by atoms with E-state index in [0.29, 0.717) is 5.56 Å². The van der Waals surface area contributed by atoms with Crippen LogP contribution in [0.2, 0.25) is 0 Å². The van der Waals surface area contributed by atoms with Gasteiger partial charge in [0.05, 0.1) is 5.54 Å². The van der Waals surface area contributed by atoms with Gasteiger partial charge in [-0.1, -0.05) is 19.1 Å². The highest BCUT2D eigenvalue weighted by atomic mass is 19.1. The van der Waals surface area contributed by atoms with E-state index in [2.05, 4.69) is 5.32 Å². The maximum absolute atomic E-state index is 13.1. The lowest BCUT2D eigenvalue weighted by Crippen LogP contribution is -2.47. The maximum atomic E-state index is 13.1. The van der Waals surface area contributed by atoms with Gasteiger partial charge in [0.15, 0.2) is 5.78 Å². The van der Waals surface area contributed by atoms with Crippen LogP contribution in [0.25, 0.3) is 0 Å². The second-order valence-electron chi connectivity index (χ2n) is 4.31. The molecular formula is C13H16FNO. The van der Waals surface area contributed by atoms with Crippen molar-refractivity contribution in [3.05, 3.63) is 35.6 Å². The molecule has 1 fully saturated rings. The van der Waals surface area contributed by atoms with Gasteiger partial charge < -0.3 is 5.32 Å². The number of benzene rings is 1. The first-order chi connectivity index (χ1) is 7.68. The molecule has 1 aliphatic heterocycles. The number of rotatable bonds is 3. The van der Waals surface area contributed by atoms with Gasteiger partial charge in [0.1, 0.15) is 5.82 Å². The molecule has 1 aromatic carbocycles. The van der Waals surface area contributed by atoms with Crippen molar-refractivity contribution in [1.29, 1.82) is 0 Å². The lowest BCUT2D eigenvalue weighted by molar-refractivity contribution is 0.0863. The fourth-order valence-corrected chi connectivity index (χ4v) is 2.37. The summed E-state index contributed by atoms with van der Waals surface area (Å²) in [7, 11) is 0. The van der Waals surface area contributed by atoms with E-state index in [1.807, 2.05) is 6.92 Å². The summed E-state index contributed by atoms with van der Waals surface area (Å²) in [6.45, 7) is 2.87. The molecular weight excluding hydrogens is 205 g/mol. The molecule has 1 heterocycles. The van der Waals surface area contributed by atoms with Crippen LogP contribution in [0.15, 0.2) is 24.3 Å². The van der Waals surface area contributed by atoms with E-state index in [1.165, 1.54) is 12.1 Å². The number of carbonyl (C=O) groups is 1. The molecule has 1 aliphatic rings. The van der Waals surface area contributed by atoms with Gasteiger partial charge in [0, 0.05) is 5.56 Å². The van der Waals surface area contributed by atoms with Gasteiger partial charge in [0.2, 0.25) is 0 Å². The van der Waals surface area contributed by atoms with E-state index in [0.717, 1.165) is 25.8 Å². The molecule has 0 saturated carbocycles. The van der Waals surface area contributed by atoms with E-state index >= 15 is 0 Å². The molecule has 1 N–H and O–H groups in total. The highest BCUT2D eigenvalue weighted by Crippen LogP contribution is 2.27. The molecule has 0 amide bonds. The smallest absolute Gasteiger partial charge is 0.182 e. The quantitative estimate of drug-likeness (QED) is 0.795. The molecule has 86 valence electrons. The molecule has 16 heavy (non-hydrogen) atoms. The van der Waals surface area contributed by atoms with Crippen molar-refractivity contribution in [3.63, 3.8) is 0 Å². The highest BCUT2D eigenvalue weighted by Gasteiger charge is 2.39. The fourth-order valence-electron chi connectivity index (χ4n) is 2.37. The normalized spacial score (nSPS) is 24.6. The van der Waals surface area contributed by atoms with E-state index in [1.54, 1.807) is 12.1 Å². The largest absolute Gasteiger partial charge is 0.305 e. The standard InChI is InChI=1S/C13H16FNO/c1-2-13(7-4-8-15-13)12(16)10-5-3-6-11(14)9-10/h3,5-6,9,15H,2,4,7-8H2,1H3. The highest BCUT2D eigenvalue weighted by molar-refractivity contribution is 6.03. The Morgan fingerprint density at radius 1 is 1.56 bits per heavy atom. The van der Waals surface area contributed by atoms with Gasteiger partial charge in [-0.3, -0.25) is 4.79 Å². The summed E-state index contributed by atoms with van der Waals surface area (Å²) in [6.07, 6.45) is 2.61. The number of carbonyl (C=O) groups excluding carboxylic acids is 1. The Bertz CT molecular complexity index is 397. The van der Waals surface area contributed by atoms with Gasteiger partial charge in [0.25, 0.3) is 0 Å². The number of halogens is 1. The second-order valence-corrected chi connectivity index (χ2v) is 4.31. The molecule has 1 aromatic rings. The van der Waals surface area contributed by atoms with Gasteiger partial charge in [-0.15, -0.1) is 0 Å². The lowest BCUT2D eigenvalue weighted by atomic mass is 9.85. The Hall–Kier alpha value is -1.22. The topological polar surface area (TPSA) is 29.1 Å². The van der Waals surface area contributed by atoms with E-state index in [9.17, 15) is 9.18 Å². The van der Waals surface area contributed by atoms with Crippen molar-refractivity contribution in [1.82, 2.24) is 5.32 Å². The summed E-state index contributed by atoms with van der Waals surface area (Å²) >= 11 is 0. The molecule has 0 radical (unpaired) electrons. The molecule has 0 aromatic heterocycles. The number of hydrogen-bond acceptors (Lipinski definition) is 2. The Morgan fingerprint density at radius 3 is 2.94 bits per heavy atom. The predicted octanol–water partition coefficient (Wildman–Crippen LogP) is 2.54. The Kier molecular flexibility index (Phi) is 3.06. The fraction of sp³-hybridized carbons (Fsp3) is 0.462. The molecule has 2 nitrogen and oxygen atoms in total. The zero-order chi connectivity index (χ0) is 11.6. The summed E-state index contributed by atoms with van der Waals surface area (Å²) in [5, 5.41) is 3.27. The Morgan fingerprint density at radius 2 is 2.38 bits per heavy atom. The van der Waals surface area contributed by atoms with Crippen molar-refractivity contribution < 1.29 is 9.18 Å². The summed E-state index contributed by atoms with van der Waals surface area (Å²) in [5.74, 6) is -0.331. The van der Waals surface area contributed by atoms with Gasteiger partial charge >= 0.3 is 0 Å². The summed E-state index contributed by atoms with van der Waals surface area (Å²) in [6, 6.07) is 5.95. The van der Waals surface area contributed by atoms with Crippen LogP contribution in [0, 0.1) is 5.82 Å². The predicted molar refractivity (Wildman–Crippen MR) is 61.0 cm³/mol. The minimum Gasteiger partial charge on any atom is -0.305 e. The molecule has 3 heteroatoms. The molecule has 0 bridgehead atoms. The molecule has 1 saturated heterocycles. The summed E-state index contributed by atoms with van der Waals surface area (Å²) < 4.78 is 13.1. The lowest BCUT2D eigenvalue weighted by Gasteiger charge is -2.26. The van der Waals surface area contributed by atoms with Crippen molar-refractivity contribution in [2.75, 3.05) is 6.54 Å². The molecule has 2 rings (SSSR count). The first-order valence-corrected chi connectivity index (χ1v) is 5.73. The van der Waals surface area contributed by atoms with E-state index in [4.69, 9.17) is 0 Å². The monoisotopic (exact) mass is 221 g/mol. The minimum absolute atomic E-state index is 0.0204. The zero-order valence-electron chi connectivity index (χ0n) is 9.42. The van der Waals surface area contributed by atoms with Crippen molar-refractivity contribution >= 4 is 5.78 Å². The average Bonchev–Trinajstić information content (AvgIpc) is 2.78. The first-order valence-electron chi connectivity index (χ1n) is 5.73. The van der Waals surface area contributed by atoms with E-state index < -0.39 is 5.54 Å². The number of hydrogen-bond donors (Lipinski definition) is 1. The van der Waals surface area contributed by atoms with Crippen molar-refractivity contribution in [2.45, 2.75) is 31.7 Å². The second kappa shape index (κ2) is 4.34. The average molecular weight is 221 g/mol. The molecule has 0 spiro atoms. The summed E-state index contributed by atoms with van der Waals surface area (Å²) in [4.78, 5) is 12.3. The van der Waals surface area contributed by atoms with Crippen LogP contribution in [0.1, 0.15) is 36.5 Å². The van der Waals surface area contributed by atoms with Crippen LogP contribution >= 0.6 is 0 Å². The number of Topliss-reactive ketones (excluding diaryl/α,β-unsaturated/α-hetero) is 1. The number of nitrogens with one attached hydrogen (secondary N) is 1. The third kappa shape index (κ3) is 1.87. The van der Waals surface area contributed by atoms with Crippen molar-refractivity contribution in [2.24, 2.45) is 0 Å². The SMILES string of the molecule is CCC1(C(=O)c2cccc(F)c2)CCCN1.